The predicted molar refractivity (Wildman–Crippen MR) is 142 cm³/mol. The number of aromatic amines is 1. The first-order valence-corrected chi connectivity index (χ1v) is 15.3. The van der Waals surface area contributed by atoms with Gasteiger partial charge in [0, 0.05) is 30.7 Å². The number of hydrogen-bond acceptors (Lipinski definition) is 14. The number of anilines is 1. The van der Waals surface area contributed by atoms with Crippen molar-refractivity contribution in [2.45, 2.75) is 22.8 Å². The van der Waals surface area contributed by atoms with Crippen molar-refractivity contribution in [3.8, 4) is 22.5 Å². The van der Waals surface area contributed by atoms with E-state index in [1.165, 1.54) is 23.5 Å². The van der Waals surface area contributed by atoms with Crippen LogP contribution in [0.1, 0.15) is 6.92 Å². The van der Waals surface area contributed by atoms with Gasteiger partial charge in [-0.1, -0.05) is 29.5 Å². The van der Waals surface area contributed by atoms with Gasteiger partial charge in [0.1, 0.15) is 9.79 Å². The number of para-hydroxylation sites is 1. The molecule has 2 aromatic carbocycles. The number of aliphatic carboxylic acids is 1. The molecular formula is C21H24N9O7S3-. The number of carboxylic acids is 1. The molecule has 5 rings (SSSR count). The van der Waals surface area contributed by atoms with E-state index in [2.05, 4.69) is 35.6 Å². The van der Waals surface area contributed by atoms with Gasteiger partial charge in [0.05, 0.1) is 29.0 Å². The lowest BCUT2D eigenvalue weighted by molar-refractivity contribution is -0.302. The number of morpholine rings is 1. The second-order valence-electron chi connectivity index (χ2n) is 8.37. The van der Waals surface area contributed by atoms with Crippen LogP contribution in [0.2, 0.25) is 0 Å². The first-order chi connectivity index (χ1) is 18.9. The summed E-state index contributed by atoms with van der Waals surface area (Å²) in [5, 5.41) is 31.6. The minimum Gasteiger partial charge on any atom is -0.550 e. The number of nitrogens with one attached hydrogen (secondary N) is 3. The topological polar surface area (TPSA) is 261 Å². The first kappa shape index (κ1) is 29.4. The maximum absolute atomic E-state index is 13.3. The molecule has 0 bridgehead atoms. The molecule has 4 aromatic rings. The molecule has 0 saturated carbocycles. The van der Waals surface area contributed by atoms with Crippen molar-refractivity contribution in [2.24, 2.45) is 5.14 Å². The van der Waals surface area contributed by atoms with Gasteiger partial charge in [0.25, 0.3) is 0 Å². The number of thiazole rings is 1. The van der Waals surface area contributed by atoms with E-state index in [1.807, 2.05) is 6.07 Å². The third-order valence-corrected chi connectivity index (χ3v) is 8.95. The Morgan fingerprint density at radius 2 is 1.98 bits per heavy atom. The van der Waals surface area contributed by atoms with Crippen LogP contribution in [0.4, 0.5) is 5.13 Å². The van der Waals surface area contributed by atoms with Gasteiger partial charge in [0.15, 0.2) is 5.13 Å². The van der Waals surface area contributed by atoms with Crippen LogP contribution in [0, 0.1) is 0 Å². The van der Waals surface area contributed by atoms with Gasteiger partial charge in [-0.05, 0) is 29.8 Å². The zero-order chi connectivity index (χ0) is 29.1. The number of fused-ring (bicyclic) bond motifs is 1. The Kier molecular flexibility index (Phi) is 8.73. The maximum atomic E-state index is 13.3. The average molecular weight is 611 g/mol. The Morgan fingerprint density at radius 3 is 2.60 bits per heavy atom. The van der Waals surface area contributed by atoms with Crippen LogP contribution in [0.25, 0.3) is 32.7 Å². The number of tetrazole rings is 1. The van der Waals surface area contributed by atoms with E-state index in [-0.39, 0.29) is 29.5 Å². The fourth-order valence-corrected chi connectivity index (χ4v) is 7.44. The van der Waals surface area contributed by atoms with Crippen LogP contribution in [0.5, 0.6) is 0 Å². The molecule has 1 fully saturated rings. The van der Waals surface area contributed by atoms with E-state index in [1.54, 1.807) is 12.1 Å². The molecular weight excluding hydrogens is 586 g/mol. The van der Waals surface area contributed by atoms with Gasteiger partial charge in [-0.15, -0.1) is 10.2 Å². The molecule has 19 heteroatoms. The van der Waals surface area contributed by atoms with Gasteiger partial charge in [-0.2, -0.15) is 5.21 Å². The molecule has 0 radical (unpaired) electrons. The molecule has 0 aliphatic carbocycles. The number of hydrogen-bond donors (Lipinski definition) is 5. The molecule has 1 aliphatic rings. The van der Waals surface area contributed by atoms with Crippen LogP contribution in [0.15, 0.2) is 40.1 Å². The lowest BCUT2D eigenvalue weighted by Gasteiger charge is -2.24. The number of H-pyrrole nitrogens is 1. The normalized spacial score (nSPS) is 15.9. The number of sulfonamides is 2. The standard InChI is InChI=1S/C19H21N9O5S3.C2H4O2/c20-19-24-16-12(2-1-3-13(16)34-19)11-4-5-14(36(31,32)23-8-10-9-33-7-6-22-10)17(35(21,29)30)15(11)18-25-27-28-26-18;1-2(3)4/h1-5,10,22-23H,6-9H2,(H2,20,24)(H2,21,29,30)(H,25,26,27,28);1H3,(H,3,4)/p-1. The maximum Gasteiger partial charge on any atom is 0.242 e. The molecule has 2 aromatic heterocycles. The molecule has 16 nitrogen and oxygen atoms in total. The molecule has 1 saturated heterocycles. The van der Waals surface area contributed by atoms with Crippen LogP contribution in [-0.4, -0.2) is 80.8 Å². The predicted octanol–water partition coefficient (Wildman–Crippen LogP) is -1.60. The van der Waals surface area contributed by atoms with Gasteiger partial charge in [-0.3, -0.25) is 0 Å². The number of carboxylic acid groups (broad SMARTS) is 1. The lowest BCUT2D eigenvalue weighted by Crippen LogP contribution is -2.48. The van der Waals surface area contributed by atoms with Crippen molar-refractivity contribution < 1.29 is 31.5 Å². The minimum absolute atomic E-state index is 0.0247. The van der Waals surface area contributed by atoms with Crippen molar-refractivity contribution in [1.82, 2.24) is 35.6 Å². The van der Waals surface area contributed by atoms with E-state index in [0.29, 0.717) is 36.0 Å². The summed E-state index contributed by atoms with van der Waals surface area (Å²) < 4.78 is 61.0. The number of nitrogens with zero attached hydrogens (tertiary/aromatic N) is 4. The molecule has 1 aliphatic heterocycles. The van der Waals surface area contributed by atoms with Gasteiger partial charge in [0.2, 0.25) is 25.9 Å². The summed E-state index contributed by atoms with van der Waals surface area (Å²) in [6.45, 7) is 2.34. The van der Waals surface area contributed by atoms with Crippen LogP contribution < -0.4 is 26.0 Å². The highest BCUT2D eigenvalue weighted by Gasteiger charge is 2.33. The fourth-order valence-electron chi connectivity index (χ4n) is 3.99. The summed E-state index contributed by atoms with van der Waals surface area (Å²) in [5.41, 5.74) is 7.05. The second-order valence-corrected chi connectivity index (χ2v) is 12.7. The van der Waals surface area contributed by atoms with Crippen LogP contribution in [0.3, 0.4) is 0 Å². The Labute approximate surface area is 232 Å². The third kappa shape index (κ3) is 6.58. The van der Waals surface area contributed by atoms with Crippen molar-refractivity contribution in [2.75, 3.05) is 32.0 Å². The van der Waals surface area contributed by atoms with Crippen molar-refractivity contribution in [1.29, 1.82) is 0 Å². The number of benzene rings is 2. The fraction of sp³-hybridized carbons (Fsp3) is 0.286. The number of nitrogens with two attached hydrogens (primary N) is 2. The van der Waals surface area contributed by atoms with Gasteiger partial charge in [-0.25, -0.2) is 31.7 Å². The Balaban J connectivity index is 0.000000867. The summed E-state index contributed by atoms with van der Waals surface area (Å²) >= 11 is 1.25. The van der Waals surface area contributed by atoms with Crippen LogP contribution >= 0.6 is 11.3 Å². The number of carbonyl (C=O) groups is 1. The molecule has 214 valence electrons. The van der Waals surface area contributed by atoms with Gasteiger partial charge < -0.3 is 25.7 Å². The summed E-state index contributed by atoms with van der Waals surface area (Å²) in [5.74, 6) is -1.24. The van der Waals surface area contributed by atoms with E-state index in [9.17, 15) is 16.8 Å². The Morgan fingerprint density at radius 1 is 1.23 bits per heavy atom. The summed E-state index contributed by atoms with van der Waals surface area (Å²) in [7, 11) is -8.97. The quantitative estimate of drug-likeness (QED) is 0.158. The molecule has 1 atom stereocenters. The smallest absolute Gasteiger partial charge is 0.242 e. The number of carbonyl (C=O) groups excluding carboxylic acids is 1. The average Bonchev–Trinajstić information content (AvgIpc) is 3.55. The zero-order valence-electron chi connectivity index (χ0n) is 20.8. The minimum atomic E-state index is -4.62. The van der Waals surface area contributed by atoms with Gasteiger partial charge >= 0.3 is 0 Å². The van der Waals surface area contributed by atoms with Crippen LogP contribution in [-0.2, 0) is 29.6 Å². The first-order valence-electron chi connectivity index (χ1n) is 11.5. The van der Waals surface area contributed by atoms with E-state index < -0.39 is 35.8 Å². The van der Waals surface area contributed by atoms with Crippen molar-refractivity contribution >= 4 is 52.7 Å². The highest BCUT2D eigenvalue weighted by molar-refractivity contribution is 7.92. The molecule has 40 heavy (non-hydrogen) atoms. The number of aromatic nitrogens is 5. The summed E-state index contributed by atoms with van der Waals surface area (Å²) in [6.07, 6.45) is 0. The molecule has 7 N–H and O–H groups in total. The zero-order valence-corrected chi connectivity index (χ0v) is 23.3. The lowest BCUT2D eigenvalue weighted by atomic mass is 9.98. The highest BCUT2D eigenvalue weighted by Crippen LogP contribution is 2.41. The molecule has 0 amide bonds. The van der Waals surface area contributed by atoms with E-state index in [0.717, 1.165) is 11.6 Å². The SMILES string of the molecule is CC(=O)[O-].Nc1nc2c(-c3ccc(S(=O)(=O)NCC4COCCN4)c(S(N)(=O)=O)c3-c3nn[nH]n3)cccc2s1. The Hall–Kier alpha value is -3.59. The molecule has 3 heterocycles. The third-order valence-electron chi connectivity index (χ3n) is 5.51. The second kappa shape index (κ2) is 11.9. The highest BCUT2D eigenvalue weighted by atomic mass is 32.2. The van der Waals surface area contributed by atoms with E-state index >= 15 is 0 Å². The number of nitrogen functional groups attached to an aromatic ring is 1. The molecule has 0 spiro atoms. The monoisotopic (exact) mass is 610 g/mol. The van der Waals surface area contributed by atoms with Crippen molar-refractivity contribution in [3.05, 3.63) is 30.3 Å². The summed E-state index contributed by atoms with van der Waals surface area (Å²) in [6, 6.07) is 7.62. The van der Waals surface area contributed by atoms with E-state index in [4.69, 9.17) is 25.5 Å². The Bertz CT molecular complexity index is 1730. The number of primary sulfonamides is 1. The largest absolute Gasteiger partial charge is 0.550 e. The molecule has 1 unspecified atom stereocenters. The number of rotatable bonds is 7. The number of ether oxygens (including phenoxy) is 1. The summed E-state index contributed by atoms with van der Waals surface area (Å²) in [4.78, 5) is 12.0. The van der Waals surface area contributed by atoms with Crippen molar-refractivity contribution in [3.63, 3.8) is 0 Å².